The fraction of sp³-hybridized carbons (Fsp3) is 0.161. The number of piperidine rings is 1. The monoisotopic (exact) mass is 551 g/mol. The number of nitrogens with two attached hydrogens (primary N) is 1. The van der Waals surface area contributed by atoms with Crippen molar-refractivity contribution in [2.75, 3.05) is 18.4 Å². The Morgan fingerprint density at radius 1 is 1.02 bits per heavy atom. The second-order valence-electron chi connectivity index (χ2n) is 9.61. The molecule has 1 aliphatic rings. The molecular formula is C31H26ClN5O3. The van der Waals surface area contributed by atoms with E-state index in [1.165, 1.54) is 12.1 Å². The molecule has 0 radical (unpaired) electrons. The van der Waals surface area contributed by atoms with Crippen LogP contribution in [0.4, 0.5) is 5.82 Å². The topological polar surface area (TPSA) is 132 Å². The fourth-order valence-corrected chi connectivity index (χ4v) is 5.00. The number of pyridine rings is 1. The average Bonchev–Trinajstić information content (AvgIpc) is 2.96. The number of para-hydroxylation sites is 1. The molecule has 200 valence electrons. The van der Waals surface area contributed by atoms with E-state index < -0.39 is 5.91 Å². The van der Waals surface area contributed by atoms with Gasteiger partial charge in [0.25, 0.3) is 11.8 Å². The summed E-state index contributed by atoms with van der Waals surface area (Å²) in [6.07, 6.45) is 1.72. The van der Waals surface area contributed by atoms with Crippen LogP contribution in [-0.4, -0.2) is 45.9 Å². The molecule has 2 amide bonds. The Morgan fingerprint density at radius 2 is 1.80 bits per heavy atom. The second kappa shape index (κ2) is 11.6. The number of nitrogens with zero attached hydrogens (tertiary/aromatic N) is 3. The summed E-state index contributed by atoms with van der Waals surface area (Å²) in [5.41, 5.74) is 8.74. The Hall–Kier alpha value is -4.71. The van der Waals surface area contributed by atoms with E-state index in [2.05, 4.69) is 16.4 Å². The van der Waals surface area contributed by atoms with Gasteiger partial charge < -0.3 is 21.1 Å². The van der Waals surface area contributed by atoms with E-state index in [4.69, 9.17) is 17.3 Å². The molecule has 1 saturated heterocycles. The number of phenolic OH excluding ortho intramolecular Hbond substituents is 1. The molecule has 4 N–H and O–H groups in total. The third-order valence-electron chi connectivity index (χ3n) is 6.80. The van der Waals surface area contributed by atoms with Gasteiger partial charge in [-0.2, -0.15) is 5.26 Å². The van der Waals surface area contributed by atoms with Crippen LogP contribution in [-0.2, 0) is 0 Å². The number of carbonyl (C=O) groups excluding carboxylic acids is 2. The number of hydrogen-bond donors (Lipinski definition) is 3. The predicted molar refractivity (Wildman–Crippen MR) is 154 cm³/mol. The van der Waals surface area contributed by atoms with Gasteiger partial charge in [0.1, 0.15) is 17.4 Å². The van der Waals surface area contributed by atoms with E-state index in [0.29, 0.717) is 51.6 Å². The van der Waals surface area contributed by atoms with Crippen molar-refractivity contribution in [1.82, 2.24) is 9.88 Å². The normalized spacial score (nSPS) is 14.8. The Balaban J connectivity index is 1.61. The molecule has 5 rings (SSSR count). The highest BCUT2D eigenvalue weighted by molar-refractivity contribution is 6.31. The van der Waals surface area contributed by atoms with Gasteiger partial charge in [0.05, 0.1) is 5.69 Å². The van der Waals surface area contributed by atoms with E-state index in [0.717, 1.165) is 12.8 Å². The van der Waals surface area contributed by atoms with Crippen LogP contribution < -0.4 is 11.1 Å². The number of aromatic hydroxyl groups is 1. The largest absolute Gasteiger partial charge is 0.507 e. The highest BCUT2D eigenvalue weighted by atomic mass is 35.5. The Bertz CT molecular complexity index is 1650. The van der Waals surface area contributed by atoms with Gasteiger partial charge in [0, 0.05) is 46.4 Å². The van der Waals surface area contributed by atoms with Gasteiger partial charge in [-0.1, -0.05) is 41.9 Å². The Kier molecular flexibility index (Phi) is 7.78. The van der Waals surface area contributed by atoms with Crippen molar-refractivity contribution in [1.29, 1.82) is 5.26 Å². The zero-order valence-electron chi connectivity index (χ0n) is 21.5. The summed E-state index contributed by atoms with van der Waals surface area (Å²) in [6, 6.07) is 23.8. The van der Waals surface area contributed by atoms with Crippen molar-refractivity contribution in [3.05, 3.63) is 101 Å². The average molecular weight is 552 g/mol. The SMILES string of the molecule is N#Cc1c(-c2cccc(C(=O)N3CCCC(N)C3)c2)cc(-c2ccccc2O)nc1NC(=O)c1cccc(Cl)c1. The van der Waals surface area contributed by atoms with Crippen molar-refractivity contribution in [3.8, 4) is 34.2 Å². The van der Waals surface area contributed by atoms with E-state index in [-0.39, 0.29) is 29.1 Å². The lowest BCUT2D eigenvalue weighted by atomic mass is 9.96. The number of benzene rings is 3. The molecule has 1 aliphatic heterocycles. The lowest BCUT2D eigenvalue weighted by molar-refractivity contribution is 0.0708. The molecule has 0 bridgehead atoms. The third-order valence-corrected chi connectivity index (χ3v) is 7.03. The summed E-state index contributed by atoms with van der Waals surface area (Å²) >= 11 is 6.07. The van der Waals surface area contributed by atoms with Crippen LogP contribution in [0.3, 0.4) is 0 Å². The molecule has 1 aromatic heterocycles. The van der Waals surface area contributed by atoms with E-state index in [9.17, 15) is 20.0 Å². The zero-order valence-corrected chi connectivity index (χ0v) is 22.2. The minimum atomic E-state index is -0.503. The molecule has 3 aromatic carbocycles. The number of halogens is 1. The molecular weight excluding hydrogens is 526 g/mol. The quantitative estimate of drug-likeness (QED) is 0.301. The number of rotatable bonds is 5. The van der Waals surface area contributed by atoms with E-state index in [1.54, 1.807) is 71.6 Å². The number of carbonyl (C=O) groups is 2. The Labute approximate surface area is 236 Å². The minimum absolute atomic E-state index is 0.0110. The molecule has 4 aromatic rings. The first-order valence-corrected chi connectivity index (χ1v) is 13.2. The summed E-state index contributed by atoms with van der Waals surface area (Å²) in [7, 11) is 0. The van der Waals surface area contributed by atoms with Crippen LogP contribution >= 0.6 is 11.6 Å². The van der Waals surface area contributed by atoms with Crippen LogP contribution in [0.25, 0.3) is 22.4 Å². The molecule has 40 heavy (non-hydrogen) atoms. The van der Waals surface area contributed by atoms with Gasteiger partial charge >= 0.3 is 0 Å². The summed E-state index contributed by atoms with van der Waals surface area (Å²) in [4.78, 5) is 32.7. The number of hydrogen-bond acceptors (Lipinski definition) is 6. The summed E-state index contributed by atoms with van der Waals surface area (Å²) in [5, 5.41) is 23.9. The van der Waals surface area contributed by atoms with Crippen molar-refractivity contribution in [2.24, 2.45) is 5.73 Å². The minimum Gasteiger partial charge on any atom is -0.507 e. The molecule has 0 spiro atoms. The fourth-order valence-electron chi connectivity index (χ4n) is 4.81. The van der Waals surface area contributed by atoms with Crippen LogP contribution in [0.2, 0.25) is 5.02 Å². The van der Waals surface area contributed by atoms with Gasteiger partial charge in [0.15, 0.2) is 5.82 Å². The van der Waals surface area contributed by atoms with Gasteiger partial charge in [-0.05, 0) is 66.9 Å². The van der Waals surface area contributed by atoms with E-state index >= 15 is 0 Å². The van der Waals surface area contributed by atoms with Gasteiger partial charge in [-0.3, -0.25) is 9.59 Å². The number of phenols is 1. The van der Waals surface area contributed by atoms with Crippen molar-refractivity contribution in [2.45, 2.75) is 18.9 Å². The zero-order chi connectivity index (χ0) is 28.2. The number of nitrogens with one attached hydrogen (secondary N) is 1. The summed E-state index contributed by atoms with van der Waals surface area (Å²) in [5.74, 6) is -0.637. The van der Waals surface area contributed by atoms with Crippen LogP contribution in [0.15, 0.2) is 78.9 Å². The molecule has 2 heterocycles. The van der Waals surface area contributed by atoms with Crippen molar-refractivity contribution >= 4 is 29.2 Å². The second-order valence-corrected chi connectivity index (χ2v) is 10.0. The van der Waals surface area contributed by atoms with Crippen LogP contribution in [0.5, 0.6) is 5.75 Å². The molecule has 1 atom stereocenters. The molecule has 1 unspecified atom stereocenters. The lowest BCUT2D eigenvalue weighted by Crippen LogP contribution is -2.45. The van der Waals surface area contributed by atoms with E-state index in [1.807, 2.05) is 0 Å². The highest BCUT2D eigenvalue weighted by Gasteiger charge is 2.24. The van der Waals surface area contributed by atoms with Crippen molar-refractivity contribution < 1.29 is 14.7 Å². The highest BCUT2D eigenvalue weighted by Crippen LogP contribution is 2.36. The maximum Gasteiger partial charge on any atom is 0.256 e. The number of aromatic nitrogens is 1. The number of anilines is 1. The van der Waals surface area contributed by atoms with Crippen LogP contribution in [0, 0.1) is 11.3 Å². The first kappa shape index (κ1) is 26.9. The number of likely N-dealkylation sites (tertiary alicyclic amines) is 1. The molecule has 9 heteroatoms. The van der Waals surface area contributed by atoms with Gasteiger partial charge in [-0.15, -0.1) is 0 Å². The maximum atomic E-state index is 13.3. The number of amides is 2. The summed E-state index contributed by atoms with van der Waals surface area (Å²) in [6.45, 7) is 1.12. The van der Waals surface area contributed by atoms with Gasteiger partial charge in [0.2, 0.25) is 0 Å². The first-order chi connectivity index (χ1) is 19.3. The molecule has 0 saturated carbocycles. The molecule has 0 aliphatic carbocycles. The third kappa shape index (κ3) is 5.66. The first-order valence-electron chi connectivity index (χ1n) is 12.8. The maximum absolute atomic E-state index is 13.3. The van der Waals surface area contributed by atoms with Crippen LogP contribution in [0.1, 0.15) is 39.1 Å². The smallest absolute Gasteiger partial charge is 0.256 e. The standard InChI is InChI=1S/C31H26ClN5O3/c32-22-9-4-7-20(15-22)30(39)36-29-26(17-33)25(16-27(35-29)24-11-1-2-12-28(24)38)19-6-3-8-21(14-19)31(40)37-13-5-10-23(34)18-37/h1-4,6-9,11-12,14-16,23,38H,5,10,13,18,34H2,(H,35,36,39). The molecule has 8 nitrogen and oxygen atoms in total. The Morgan fingerprint density at radius 3 is 2.55 bits per heavy atom. The van der Waals surface area contributed by atoms with Crippen molar-refractivity contribution in [3.63, 3.8) is 0 Å². The predicted octanol–water partition coefficient (Wildman–Crippen LogP) is 5.46. The summed E-state index contributed by atoms with van der Waals surface area (Å²) < 4.78 is 0. The van der Waals surface area contributed by atoms with Gasteiger partial charge in [-0.25, -0.2) is 4.98 Å². The molecule has 1 fully saturated rings. The lowest BCUT2D eigenvalue weighted by Gasteiger charge is -2.31. The number of nitriles is 1.